The number of hydrogen-bond acceptors (Lipinski definition) is 3. The number of halogens is 1. The van der Waals surface area contributed by atoms with E-state index in [1.807, 2.05) is 0 Å². The van der Waals surface area contributed by atoms with E-state index in [9.17, 15) is 14.0 Å². The van der Waals surface area contributed by atoms with E-state index in [4.69, 9.17) is 5.73 Å². The lowest BCUT2D eigenvalue weighted by molar-refractivity contribution is -0.113. The Labute approximate surface area is 115 Å². The highest BCUT2D eigenvalue weighted by atomic mass is 32.2. The van der Waals surface area contributed by atoms with Gasteiger partial charge in [0.15, 0.2) is 0 Å². The summed E-state index contributed by atoms with van der Waals surface area (Å²) in [5.41, 5.74) is 5.18. The maximum Gasteiger partial charge on any atom is 0.251 e. The fraction of sp³-hybridized carbons (Fsp3) is 0.385. The Morgan fingerprint density at radius 3 is 2.79 bits per heavy atom. The van der Waals surface area contributed by atoms with Crippen LogP contribution in [0.4, 0.5) is 10.1 Å². The Kier molecular flexibility index (Phi) is 6.35. The summed E-state index contributed by atoms with van der Waals surface area (Å²) in [7, 11) is 0. The molecule has 1 rings (SSSR count). The van der Waals surface area contributed by atoms with Gasteiger partial charge in [0.2, 0.25) is 5.91 Å². The van der Waals surface area contributed by atoms with E-state index in [2.05, 4.69) is 12.2 Å². The van der Waals surface area contributed by atoms with Crippen LogP contribution >= 0.6 is 11.8 Å². The van der Waals surface area contributed by atoms with Gasteiger partial charge in [-0.25, -0.2) is 4.39 Å². The molecule has 0 atom stereocenters. The number of primary amides is 1. The third-order valence-electron chi connectivity index (χ3n) is 2.39. The molecule has 0 aliphatic heterocycles. The summed E-state index contributed by atoms with van der Waals surface area (Å²) in [6, 6.07) is 3.75. The van der Waals surface area contributed by atoms with Crippen molar-refractivity contribution in [1.29, 1.82) is 0 Å². The Morgan fingerprint density at radius 2 is 2.16 bits per heavy atom. The van der Waals surface area contributed by atoms with Crippen LogP contribution in [0.2, 0.25) is 0 Å². The molecule has 0 spiro atoms. The van der Waals surface area contributed by atoms with Crippen molar-refractivity contribution in [3.05, 3.63) is 29.6 Å². The van der Waals surface area contributed by atoms with Crippen molar-refractivity contribution >= 4 is 29.3 Å². The summed E-state index contributed by atoms with van der Waals surface area (Å²) in [6.07, 6.45) is 2.16. The molecule has 0 aliphatic carbocycles. The first-order valence-corrected chi connectivity index (χ1v) is 7.17. The van der Waals surface area contributed by atoms with Crippen LogP contribution in [0.1, 0.15) is 30.1 Å². The number of benzene rings is 1. The molecule has 1 aromatic rings. The number of amides is 2. The highest BCUT2D eigenvalue weighted by molar-refractivity contribution is 7.99. The number of unbranched alkanes of at least 4 members (excludes halogenated alkanes) is 1. The maximum atomic E-state index is 13.2. The molecule has 104 valence electrons. The molecule has 0 saturated heterocycles. The minimum atomic E-state index is -0.856. The standard InChI is InChI=1S/C13H17FN2O2S/c1-2-3-6-19-8-12(17)16-9-4-5-11(14)10(7-9)13(15)18/h4-5,7H,2-3,6,8H2,1H3,(H2,15,18)(H,16,17). The van der Waals surface area contributed by atoms with Crippen LogP contribution in [0.15, 0.2) is 18.2 Å². The van der Waals surface area contributed by atoms with Crippen molar-refractivity contribution in [3.63, 3.8) is 0 Å². The number of hydrogen-bond donors (Lipinski definition) is 2. The van der Waals surface area contributed by atoms with Gasteiger partial charge in [-0.2, -0.15) is 11.8 Å². The second-order valence-corrected chi connectivity index (χ2v) is 5.12. The minimum absolute atomic E-state index is 0.178. The molecule has 3 N–H and O–H groups in total. The molecule has 1 aromatic carbocycles. The van der Waals surface area contributed by atoms with Gasteiger partial charge in [0.1, 0.15) is 5.82 Å². The number of carbonyl (C=O) groups excluding carboxylic acids is 2. The molecule has 0 saturated carbocycles. The van der Waals surface area contributed by atoms with Gasteiger partial charge in [-0.3, -0.25) is 9.59 Å². The summed E-state index contributed by atoms with van der Waals surface area (Å²) in [5.74, 6) is -0.458. The van der Waals surface area contributed by atoms with Crippen molar-refractivity contribution in [1.82, 2.24) is 0 Å². The SMILES string of the molecule is CCCCSCC(=O)Nc1ccc(F)c(C(N)=O)c1. The summed E-state index contributed by atoms with van der Waals surface area (Å²) in [5, 5.41) is 2.61. The molecule has 0 bridgehead atoms. The van der Waals surface area contributed by atoms with Gasteiger partial charge >= 0.3 is 0 Å². The predicted molar refractivity (Wildman–Crippen MR) is 75.8 cm³/mol. The van der Waals surface area contributed by atoms with Crippen LogP contribution in [0.25, 0.3) is 0 Å². The number of nitrogens with one attached hydrogen (secondary N) is 1. The number of thioether (sulfide) groups is 1. The summed E-state index contributed by atoms with van der Waals surface area (Å²) in [4.78, 5) is 22.6. The zero-order valence-corrected chi connectivity index (χ0v) is 11.6. The molecule has 0 radical (unpaired) electrons. The fourth-order valence-corrected chi connectivity index (χ4v) is 2.29. The van der Waals surface area contributed by atoms with E-state index in [1.165, 1.54) is 12.1 Å². The Morgan fingerprint density at radius 1 is 1.42 bits per heavy atom. The number of nitrogens with two attached hydrogens (primary N) is 1. The maximum absolute atomic E-state index is 13.2. The largest absolute Gasteiger partial charge is 0.366 e. The van der Waals surface area contributed by atoms with Gasteiger partial charge in [-0.15, -0.1) is 0 Å². The van der Waals surface area contributed by atoms with E-state index in [0.29, 0.717) is 11.4 Å². The van der Waals surface area contributed by atoms with Crippen LogP contribution in [-0.2, 0) is 4.79 Å². The molecule has 0 heterocycles. The average molecular weight is 284 g/mol. The van der Waals surface area contributed by atoms with Crippen molar-refractivity contribution in [2.24, 2.45) is 5.73 Å². The Hall–Kier alpha value is -1.56. The van der Waals surface area contributed by atoms with E-state index in [1.54, 1.807) is 11.8 Å². The second kappa shape index (κ2) is 7.78. The summed E-state index contributed by atoms with van der Waals surface area (Å²) >= 11 is 1.54. The Balaban J connectivity index is 2.55. The minimum Gasteiger partial charge on any atom is -0.366 e. The van der Waals surface area contributed by atoms with Gasteiger partial charge in [-0.1, -0.05) is 13.3 Å². The predicted octanol–water partition coefficient (Wildman–Crippen LogP) is 2.40. The number of carbonyl (C=O) groups is 2. The first kappa shape index (κ1) is 15.5. The van der Waals surface area contributed by atoms with E-state index < -0.39 is 11.7 Å². The highest BCUT2D eigenvalue weighted by Crippen LogP contribution is 2.15. The van der Waals surface area contributed by atoms with Crippen LogP contribution in [0.5, 0.6) is 0 Å². The fourth-order valence-electron chi connectivity index (χ4n) is 1.40. The second-order valence-electron chi connectivity index (χ2n) is 4.01. The topological polar surface area (TPSA) is 72.2 Å². The smallest absolute Gasteiger partial charge is 0.251 e. The molecule has 0 fully saturated rings. The molecule has 6 heteroatoms. The monoisotopic (exact) mass is 284 g/mol. The lowest BCUT2D eigenvalue weighted by Gasteiger charge is -2.07. The van der Waals surface area contributed by atoms with Crippen LogP contribution in [0.3, 0.4) is 0 Å². The lowest BCUT2D eigenvalue weighted by atomic mass is 10.2. The Bertz CT molecular complexity index is 466. The van der Waals surface area contributed by atoms with Crippen LogP contribution in [0, 0.1) is 5.82 Å². The van der Waals surface area contributed by atoms with E-state index in [0.717, 1.165) is 24.7 Å². The summed E-state index contributed by atoms with van der Waals surface area (Å²) < 4.78 is 13.2. The molecule has 4 nitrogen and oxygen atoms in total. The first-order chi connectivity index (χ1) is 9.04. The van der Waals surface area contributed by atoms with Crippen molar-refractivity contribution in [3.8, 4) is 0 Å². The van der Waals surface area contributed by atoms with Gasteiger partial charge in [0.25, 0.3) is 5.91 Å². The summed E-state index contributed by atoms with van der Waals surface area (Å²) in [6.45, 7) is 2.09. The third-order valence-corrected chi connectivity index (χ3v) is 3.43. The highest BCUT2D eigenvalue weighted by Gasteiger charge is 2.10. The quantitative estimate of drug-likeness (QED) is 0.755. The molecule has 19 heavy (non-hydrogen) atoms. The molecule has 0 aromatic heterocycles. The molecule has 0 unspecified atom stereocenters. The molecule has 0 aliphatic rings. The van der Waals surface area contributed by atoms with Gasteiger partial charge < -0.3 is 11.1 Å². The zero-order chi connectivity index (χ0) is 14.3. The van der Waals surface area contributed by atoms with Crippen molar-refractivity contribution in [2.75, 3.05) is 16.8 Å². The molecular weight excluding hydrogens is 267 g/mol. The lowest BCUT2D eigenvalue weighted by Crippen LogP contribution is -2.17. The van der Waals surface area contributed by atoms with Crippen LogP contribution in [-0.4, -0.2) is 23.3 Å². The van der Waals surface area contributed by atoms with Crippen molar-refractivity contribution in [2.45, 2.75) is 19.8 Å². The zero-order valence-electron chi connectivity index (χ0n) is 10.7. The van der Waals surface area contributed by atoms with E-state index in [-0.39, 0.29) is 11.5 Å². The molecular formula is C13H17FN2O2S. The normalized spacial score (nSPS) is 10.2. The van der Waals surface area contributed by atoms with Gasteiger partial charge in [0, 0.05) is 5.69 Å². The van der Waals surface area contributed by atoms with Gasteiger partial charge in [-0.05, 0) is 30.4 Å². The first-order valence-electron chi connectivity index (χ1n) is 6.01. The third kappa shape index (κ3) is 5.30. The van der Waals surface area contributed by atoms with Crippen molar-refractivity contribution < 1.29 is 14.0 Å². The van der Waals surface area contributed by atoms with Gasteiger partial charge in [0.05, 0.1) is 11.3 Å². The average Bonchev–Trinajstić information content (AvgIpc) is 2.36. The molecule has 2 amide bonds. The number of anilines is 1. The number of rotatable bonds is 7. The van der Waals surface area contributed by atoms with Crippen LogP contribution < -0.4 is 11.1 Å². The van der Waals surface area contributed by atoms with E-state index >= 15 is 0 Å².